The van der Waals surface area contributed by atoms with Crippen LogP contribution in [0, 0.1) is 0 Å². The quantitative estimate of drug-likeness (QED) is 0.668. The summed E-state index contributed by atoms with van der Waals surface area (Å²) < 4.78 is 1.34. The second kappa shape index (κ2) is 4.04. The molecule has 0 aliphatic heterocycles. The number of nitrogens with two attached hydrogens (primary N) is 1. The highest BCUT2D eigenvalue weighted by molar-refractivity contribution is 5.23. The fraction of sp³-hybridized carbons (Fsp3) is 0.500. The van der Waals surface area contributed by atoms with Gasteiger partial charge in [-0.05, 0) is 12.5 Å². The van der Waals surface area contributed by atoms with Gasteiger partial charge in [-0.25, -0.2) is 4.79 Å². The number of aromatic nitrogens is 2. The number of nitrogens with zero attached hydrogens (tertiary/aromatic N) is 2. The summed E-state index contributed by atoms with van der Waals surface area (Å²) in [6, 6.07) is 1.53. The van der Waals surface area contributed by atoms with E-state index in [4.69, 9.17) is 5.73 Å². The summed E-state index contributed by atoms with van der Waals surface area (Å²) in [5.41, 5.74) is 4.88. The molecule has 0 bridgehead atoms. The molecule has 1 heterocycles. The molecule has 0 fully saturated rings. The van der Waals surface area contributed by atoms with E-state index in [1.807, 2.05) is 6.92 Å². The average molecular weight is 183 g/mol. The van der Waals surface area contributed by atoms with Crippen LogP contribution in [0.2, 0.25) is 0 Å². The van der Waals surface area contributed by atoms with Crippen molar-refractivity contribution in [3.05, 3.63) is 22.7 Å². The van der Waals surface area contributed by atoms with Gasteiger partial charge in [0.15, 0.2) is 0 Å². The van der Waals surface area contributed by atoms with Crippen LogP contribution < -0.4 is 11.4 Å². The molecule has 1 atom stereocenters. The number of hydrogen-bond acceptors (Lipinski definition) is 4. The minimum absolute atomic E-state index is 0.201. The normalized spacial score (nSPS) is 12.8. The van der Waals surface area contributed by atoms with Crippen molar-refractivity contribution < 1.29 is 5.11 Å². The Kier molecular flexibility index (Phi) is 3.02. The topological polar surface area (TPSA) is 81.1 Å². The number of hydrogen-bond donors (Lipinski definition) is 2. The third kappa shape index (κ3) is 2.55. The first kappa shape index (κ1) is 9.73. The molecule has 0 saturated carbocycles. The summed E-state index contributed by atoms with van der Waals surface area (Å²) in [6.07, 6.45) is 1.63. The predicted octanol–water partition coefficient (Wildman–Crippen LogP) is -0.404. The van der Waals surface area contributed by atoms with Gasteiger partial charge in [-0.15, -0.1) is 0 Å². The van der Waals surface area contributed by atoms with Gasteiger partial charge in [0.05, 0.1) is 12.6 Å². The van der Waals surface area contributed by atoms with E-state index in [1.54, 1.807) is 0 Å². The SMILES string of the molecule is CC[C@@H](O)Cn1ccc(N)nc1=O. The third-order valence-electron chi connectivity index (χ3n) is 1.77. The predicted molar refractivity (Wildman–Crippen MR) is 49.2 cm³/mol. The Morgan fingerprint density at radius 2 is 2.46 bits per heavy atom. The van der Waals surface area contributed by atoms with Gasteiger partial charge in [0, 0.05) is 6.20 Å². The first-order valence-electron chi connectivity index (χ1n) is 4.14. The number of nitrogen functional groups attached to an aromatic ring is 1. The molecule has 72 valence electrons. The first-order valence-corrected chi connectivity index (χ1v) is 4.14. The average Bonchev–Trinajstić information content (AvgIpc) is 2.09. The highest BCUT2D eigenvalue weighted by Crippen LogP contribution is 1.95. The number of aliphatic hydroxyl groups is 1. The van der Waals surface area contributed by atoms with E-state index in [-0.39, 0.29) is 12.4 Å². The van der Waals surface area contributed by atoms with Crippen molar-refractivity contribution in [2.75, 3.05) is 5.73 Å². The van der Waals surface area contributed by atoms with Crippen molar-refractivity contribution in [2.24, 2.45) is 0 Å². The molecular weight excluding hydrogens is 170 g/mol. The minimum Gasteiger partial charge on any atom is -0.391 e. The van der Waals surface area contributed by atoms with Crippen molar-refractivity contribution in [3.8, 4) is 0 Å². The van der Waals surface area contributed by atoms with Crippen molar-refractivity contribution in [1.82, 2.24) is 9.55 Å². The molecule has 0 radical (unpaired) electrons. The lowest BCUT2D eigenvalue weighted by atomic mass is 10.3. The van der Waals surface area contributed by atoms with E-state index < -0.39 is 11.8 Å². The molecule has 1 rings (SSSR count). The van der Waals surface area contributed by atoms with E-state index in [1.165, 1.54) is 16.8 Å². The van der Waals surface area contributed by atoms with Crippen molar-refractivity contribution >= 4 is 5.82 Å². The van der Waals surface area contributed by atoms with Gasteiger partial charge in [-0.1, -0.05) is 6.92 Å². The molecule has 0 spiro atoms. The van der Waals surface area contributed by atoms with Gasteiger partial charge >= 0.3 is 5.69 Å². The highest BCUT2D eigenvalue weighted by Gasteiger charge is 2.03. The van der Waals surface area contributed by atoms with E-state index in [0.29, 0.717) is 6.42 Å². The number of anilines is 1. The zero-order valence-corrected chi connectivity index (χ0v) is 7.47. The van der Waals surface area contributed by atoms with Crippen LogP contribution in [0.3, 0.4) is 0 Å². The van der Waals surface area contributed by atoms with E-state index >= 15 is 0 Å². The van der Waals surface area contributed by atoms with Crippen LogP contribution in [0.15, 0.2) is 17.1 Å². The summed E-state index contributed by atoms with van der Waals surface area (Å²) in [7, 11) is 0. The zero-order chi connectivity index (χ0) is 9.84. The van der Waals surface area contributed by atoms with E-state index in [9.17, 15) is 9.90 Å². The Morgan fingerprint density at radius 3 is 3.00 bits per heavy atom. The van der Waals surface area contributed by atoms with Gasteiger partial charge in [-0.3, -0.25) is 4.57 Å². The van der Waals surface area contributed by atoms with Crippen molar-refractivity contribution in [2.45, 2.75) is 26.0 Å². The van der Waals surface area contributed by atoms with Crippen LogP contribution in [0.1, 0.15) is 13.3 Å². The van der Waals surface area contributed by atoms with Gasteiger partial charge < -0.3 is 10.8 Å². The molecule has 0 aliphatic carbocycles. The summed E-state index contributed by atoms with van der Waals surface area (Å²) in [6.45, 7) is 2.11. The molecule has 0 aliphatic rings. The molecule has 5 nitrogen and oxygen atoms in total. The van der Waals surface area contributed by atoms with Crippen LogP contribution in [0.25, 0.3) is 0 Å². The third-order valence-corrected chi connectivity index (χ3v) is 1.77. The standard InChI is InChI=1S/C8H13N3O2/c1-2-6(12)5-11-4-3-7(9)10-8(11)13/h3-4,6,12H,2,5H2,1H3,(H2,9,10,13)/t6-/m1/s1. The molecule has 3 N–H and O–H groups in total. The van der Waals surface area contributed by atoms with Crippen LogP contribution in [-0.2, 0) is 6.54 Å². The summed E-state index contributed by atoms with van der Waals surface area (Å²) in [4.78, 5) is 14.7. The van der Waals surface area contributed by atoms with Gasteiger partial charge in [0.1, 0.15) is 5.82 Å². The fourth-order valence-electron chi connectivity index (χ4n) is 0.937. The van der Waals surface area contributed by atoms with Crippen LogP contribution in [0.4, 0.5) is 5.82 Å². The molecule has 1 aromatic rings. The van der Waals surface area contributed by atoms with Crippen molar-refractivity contribution in [1.29, 1.82) is 0 Å². The smallest absolute Gasteiger partial charge is 0.349 e. The second-order valence-electron chi connectivity index (χ2n) is 2.85. The maximum atomic E-state index is 11.2. The van der Waals surface area contributed by atoms with Crippen LogP contribution >= 0.6 is 0 Å². The molecule has 1 aromatic heterocycles. The molecule has 0 saturated heterocycles. The van der Waals surface area contributed by atoms with Gasteiger partial charge in [0.2, 0.25) is 0 Å². The van der Waals surface area contributed by atoms with Gasteiger partial charge in [0.25, 0.3) is 0 Å². The minimum atomic E-state index is -0.511. The highest BCUT2D eigenvalue weighted by atomic mass is 16.3. The van der Waals surface area contributed by atoms with E-state index in [0.717, 1.165) is 0 Å². The molecule has 0 amide bonds. The monoisotopic (exact) mass is 183 g/mol. The number of aliphatic hydroxyl groups excluding tert-OH is 1. The molecular formula is C8H13N3O2. The lowest BCUT2D eigenvalue weighted by molar-refractivity contribution is 0.148. The van der Waals surface area contributed by atoms with Gasteiger partial charge in [-0.2, -0.15) is 4.98 Å². The van der Waals surface area contributed by atoms with E-state index in [2.05, 4.69) is 4.98 Å². The summed E-state index contributed by atoms with van der Waals surface area (Å²) in [5.74, 6) is 0.201. The fourth-order valence-corrected chi connectivity index (χ4v) is 0.937. The first-order chi connectivity index (χ1) is 6.13. The van der Waals surface area contributed by atoms with Crippen molar-refractivity contribution in [3.63, 3.8) is 0 Å². The Balaban J connectivity index is 2.84. The Hall–Kier alpha value is -1.36. The number of rotatable bonds is 3. The largest absolute Gasteiger partial charge is 0.391 e. The molecule has 13 heavy (non-hydrogen) atoms. The molecule has 0 unspecified atom stereocenters. The van der Waals surface area contributed by atoms with Crippen LogP contribution in [0.5, 0.6) is 0 Å². The Labute approximate surface area is 75.8 Å². The second-order valence-corrected chi connectivity index (χ2v) is 2.85. The lowest BCUT2D eigenvalue weighted by Gasteiger charge is -2.09. The lowest BCUT2D eigenvalue weighted by Crippen LogP contribution is -2.28. The maximum Gasteiger partial charge on any atom is 0.349 e. The van der Waals surface area contributed by atoms with Crippen LogP contribution in [-0.4, -0.2) is 20.8 Å². The maximum absolute atomic E-state index is 11.2. The Morgan fingerprint density at radius 1 is 1.77 bits per heavy atom. The molecule has 5 heteroatoms. The zero-order valence-electron chi connectivity index (χ0n) is 7.47. The Bertz CT molecular complexity index is 334. The summed E-state index contributed by atoms with van der Waals surface area (Å²) >= 11 is 0. The molecule has 0 aromatic carbocycles. The summed E-state index contributed by atoms with van der Waals surface area (Å²) in [5, 5.41) is 9.29.